The molecule has 3 heterocycles. The molecule has 0 aromatic carbocycles. The van der Waals surface area contributed by atoms with E-state index in [-0.39, 0.29) is 61.8 Å². The summed E-state index contributed by atoms with van der Waals surface area (Å²) in [7, 11) is 0. The van der Waals surface area contributed by atoms with Gasteiger partial charge in [-0.1, -0.05) is 64.7 Å². The summed E-state index contributed by atoms with van der Waals surface area (Å²) in [5.41, 5.74) is 4.18. The van der Waals surface area contributed by atoms with E-state index in [9.17, 15) is 23.9 Å². The summed E-state index contributed by atoms with van der Waals surface area (Å²) >= 11 is 0. The maximum absolute atomic E-state index is 13.8. The fraction of sp³-hybridized carbons (Fsp3) is 0.697. The van der Waals surface area contributed by atoms with Crippen LogP contribution >= 0.6 is 0 Å². The number of carbonyl (C=O) groups is 3. The lowest BCUT2D eigenvalue weighted by Gasteiger charge is -2.26. The fourth-order valence-electron chi connectivity index (χ4n) is 5.15. The number of hydrogen-bond donors (Lipinski definition) is 2. The van der Waals surface area contributed by atoms with Crippen molar-refractivity contribution in [1.82, 2.24) is 19.5 Å². The highest BCUT2D eigenvalue weighted by Gasteiger charge is 2.49. The van der Waals surface area contributed by atoms with Crippen molar-refractivity contribution in [3.05, 3.63) is 12.4 Å². The molecule has 0 bridgehead atoms. The van der Waals surface area contributed by atoms with Gasteiger partial charge in [0.15, 0.2) is 28.7 Å². The van der Waals surface area contributed by atoms with Gasteiger partial charge >= 0.3 is 24.0 Å². The Morgan fingerprint density at radius 3 is 2.46 bits per heavy atom. The molecule has 266 valence electrons. The number of halogens is 1. The number of ether oxygens (including phenoxy) is 5. The van der Waals surface area contributed by atoms with Crippen LogP contribution in [0, 0.1) is 18.4 Å². The van der Waals surface area contributed by atoms with Crippen LogP contribution in [0.3, 0.4) is 0 Å². The number of fused-ring (bicyclic) bond motifs is 1. The molecule has 2 aromatic rings. The second-order valence-electron chi connectivity index (χ2n) is 11.8. The number of terminal acetylenes is 1. The minimum absolute atomic E-state index is 0.0398. The first-order valence-electron chi connectivity index (χ1n) is 16.7. The van der Waals surface area contributed by atoms with Crippen LogP contribution in [0.15, 0.2) is 6.33 Å². The maximum Gasteiger partial charge on any atom is 0.312 e. The number of esters is 3. The van der Waals surface area contributed by atoms with E-state index in [0.717, 1.165) is 57.8 Å². The SMILES string of the molecule is C#C[C@]1(COC(=O)CCC(=O)OC(COCCCCCCC)COC(=O)CCCCCC)O[C@@H](n2cnc3c(N)nc(F)nc32)C[C@@H]1O. The van der Waals surface area contributed by atoms with Crippen molar-refractivity contribution in [3.63, 3.8) is 0 Å². The lowest BCUT2D eigenvalue weighted by Crippen LogP contribution is -2.43. The molecular weight excluding hydrogens is 629 g/mol. The minimum atomic E-state index is -1.73. The van der Waals surface area contributed by atoms with Gasteiger partial charge in [0.2, 0.25) is 0 Å². The number of nitrogen functional groups attached to an aromatic ring is 1. The van der Waals surface area contributed by atoms with Gasteiger partial charge in [-0.15, -0.1) is 6.42 Å². The Labute approximate surface area is 280 Å². The van der Waals surface area contributed by atoms with E-state index in [1.807, 2.05) is 0 Å². The van der Waals surface area contributed by atoms with Crippen molar-refractivity contribution < 1.29 is 47.6 Å². The lowest BCUT2D eigenvalue weighted by atomic mass is 9.99. The molecule has 3 N–H and O–H groups in total. The topological polar surface area (TPSA) is 187 Å². The molecule has 1 unspecified atom stereocenters. The van der Waals surface area contributed by atoms with Gasteiger partial charge in [-0.25, -0.2) is 4.98 Å². The zero-order chi connectivity index (χ0) is 34.9. The van der Waals surface area contributed by atoms with Gasteiger partial charge in [0.05, 0.1) is 25.8 Å². The average Bonchev–Trinajstić information content (AvgIpc) is 3.64. The third-order valence-electron chi connectivity index (χ3n) is 7.92. The molecule has 15 heteroatoms. The van der Waals surface area contributed by atoms with E-state index < -0.39 is 48.7 Å². The van der Waals surface area contributed by atoms with E-state index in [2.05, 4.69) is 34.7 Å². The largest absolute Gasteiger partial charge is 0.462 e. The van der Waals surface area contributed by atoms with Gasteiger partial charge in [0.25, 0.3) is 0 Å². The van der Waals surface area contributed by atoms with Crippen LogP contribution in [-0.4, -0.2) is 86.8 Å². The molecule has 0 amide bonds. The zero-order valence-electron chi connectivity index (χ0n) is 27.9. The highest BCUT2D eigenvalue weighted by Crippen LogP contribution is 2.38. The number of imidazole rings is 1. The number of hydrogen-bond acceptors (Lipinski definition) is 13. The van der Waals surface area contributed by atoms with Crippen molar-refractivity contribution in [2.24, 2.45) is 0 Å². The molecule has 1 saturated heterocycles. The highest BCUT2D eigenvalue weighted by molar-refractivity contribution is 5.81. The van der Waals surface area contributed by atoms with Crippen LogP contribution in [0.25, 0.3) is 11.2 Å². The highest BCUT2D eigenvalue weighted by atomic mass is 19.1. The molecule has 1 fully saturated rings. The Bertz CT molecular complexity index is 1380. The molecule has 0 spiro atoms. The van der Waals surface area contributed by atoms with Gasteiger partial charge in [0.1, 0.15) is 25.5 Å². The smallest absolute Gasteiger partial charge is 0.312 e. The van der Waals surface area contributed by atoms with E-state index in [1.165, 1.54) is 10.9 Å². The molecule has 0 radical (unpaired) electrons. The molecule has 1 aliphatic heterocycles. The van der Waals surface area contributed by atoms with Crippen LogP contribution < -0.4 is 5.73 Å². The Kier molecular flexibility index (Phi) is 15.9. The maximum atomic E-state index is 13.8. The summed E-state index contributed by atoms with van der Waals surface area (Å²) < 4.78 is 42.9. The number of rotatable bonds is 22. The van der Waals surface area contributed by atoms with Gasteiger partial charge < -0.3 is 34.5 Å². The monoisotopic (exact) mass is 677 g/mol. The van der Waals surface area contributed by atoms with Crippen LogP contribution in [0.2, 0.25) is 0 Å². The van der Waals surface area contributed by atoms with E-state index in [1.54, 1.807) is 0 Å². The number of aliphatic hydroxyl groups excluding tert-OH is 1. The molecule has 2 aromatic heterocycles. The number of carbonyl (C=O) groups excluding carboxylic acids is 3. The summed E-state index contributed by atoms with van der Waals surface area (Å²) in [6.45, 7) is 4.08. The van der Waals surface area contributed by atoms with Crippen molar-refractivity contribution in [1.29, 1.82) is 0 Å². The predicted molar refractivity (Wildman–Crippen MR) is 171 cm³/mol. The summed E-state index contributed by atoms with van der Waals surface area (Å²) in [5.74, 6) is 0.332. The number of anilines is 1. The first-order chi connectivity index (χ1) is 23.1. The van der Waals surface area contributed by atoms with Gasteiger partial charge in [-0.2, -0.15) is 14.4 Å². The molecule has 4 atom stereocenters. The van der Waals surface area contributed by atoms with E-state index in [4.69, 9.17) is 35.8 Å². The van der Waals surface area contributed by atoms with Gasteiger partial charge in [-0.05, 0) is 12.8 Å². The van der Waals surface area contributed by atoms with E-state index >= 15 is 0 Å². The summed E-state index contributed by atoms with van der Waals surface area (Å²) in [5, 5.41) is 10.8. The standard InChI is InChI=1S/C33H48FN5O9/c1-4-7-9-11-13-17-44-19-23(20-45-26(41)14-12-10-8-5-2)47-28(43)16-15-27(42)46-21-33(6-3)24(40)18-25(48-33)39-22-36-29-30(35)37-32(34)38-31(29)39/h3,22-25,40H,4-5,7-21H2,1-2H3,(H2,35,37,38)/t23?,24-,25+,33+/m0/s1. The Balaban J connectivity index is 1.48. The molecule has 14 nitrogen and oxygen atoms in total. The number of unbranched alkanes of at least 4 members (excludes halogenated alkanes) is 7. The first kappa shape index (κ1) is 38.6. The third kappa shape index (κ3) is 11.7. The van der Waals surface area contributed by atoms with Gasteiger partial charge in [-0.3, -0.25) is 19.0 Å². The summed E-state index contributed by atoms with van der Waals surface area (Å²) in [6.07, 6.45) is 11.5. The average molecular weight is 678 g/mol. The third-order valence-corrected chi connectivity index (χ3v) is 7.92. The molecule has 0 aliphatic carbocycles. The Morgan fingerprint density at radius 1 is 1.04 bits per heavy atom. The minimum Gasteiger partial charge on any atom is -0.462 e. The number of aromatic nitrogens is 4. The van der Waals surface area contributed by atoms with Gasteiger partial charge in [0, 0.05) is 19.4 Å². The first-order valence-corrected chi connectivity index (χ1v) is 16.7. The molecule has 0 saturated carbocycles. The lowest BCUT2D eigenvalue weighted by molar-refractivity contribution is -0.165. The van der Waals surface area contributed by atoms with Crippen molar-refractivity contribution >= 4 is 34.9 Å². The Hall–Kier alpha value is -3.87. The fourth-order valence-corrected chi connectivity index (χ4v) is 5.15. The number of nitrogens with zero attached hydrogens (tertiary/aromatic N) is 4. The number of nitrogens with two attached hydrogens (primary N) is 1. The van der Waals surface area contributed by atoms with Crippen molar-refractivity contribution in [3.8, 4) is 12.3 Å². The number of aliphatic hydroxyl groups is 1. The summed E-state index contributed by atoms with van der Waals surface area (Å²) in [6, 6.07) is 0. The molecule has 1 aliphatic rings. The van der Waals surface area contributed by atoms with Crippen molar-refractivity contribution in [2.75, 3.05) is 32.2 Å². The van der Waals surface area contributed by atoms with Crippen LogP contribution in [-0.2, 0) is 38.1 Å². The second kappa shape index (κ2) is 19.8. The zero-order valence-corrected chi connectivity index (χ0v) is 27.9. The molecule has 48 heavy (non-hydrogen) atoms. The normalized spacial score (nSPS) is 19.6. The summed E-state index contributed by atoms with van der Waals surface area (Å²) in [4.78, 5) is 48.6. The quantitative estimate of drug-likeness (QED) is 0.0600. The van der Waals surface area contributed by atoms with Crippen LogP contribution in [0.4, 0.5) is 10.2 Å². The van der Waals surface area contributed by atoms with E-state index in [0.29, 0.717) is 6.61 Å². The van der Waals surface area contributed by atoms with Crippen molar-refractivity contribution in [2.45, 2.75) is 121 Å². The molecular formula is C33H48FN5O9. The van der Waals surface area contributed by atoms with Crippen LogP contribution in [0.1, 0.15) is 104 Å². The predicted octanol–water partition coefficient (Wildman–Crippen LogP) is 3.94. The van der Waals surface area contributed by atoms with Crippen LogP contribution in [0.5, 0.6) is 0 Å². The Morgan fingerprint density at radius 2 is 1.73 bits per heavy atom. The second-order valence-corrected chi connectivity index (χ2v) is 11.8. The molecule has 3 rings (SSSR count).